The first-order chi connectivity index (χ1) is 8.59. The number of thiophene rings is 1. The second-order valence-electron chi connectivity index (χ2n) is 4.80. The Kier molecular flexibility index (Phi) is 3.53. The third-order valence-electron chi connectivity index (χ3n) is 3.74. The van der Waals surface area contributed by atoms with Gasteiger partial charge in [-0.05, 0) is 53.4 Å². The van der Waals surface area contributed by atoms with Gasteiger partial charge in [0, 0.05) is 19.1 Å². The van der Waals surface area contributed by atoms with Crippen molar-refractivity contribution >= 4 is 37.3 Å². The number of hydrogen-bond donors (Lipinski definition) is 1. The smallest absolute Gasteiger partial charge is 0.252 e. The number of hydrogen-bond acceptors (Lipinski definition) is 4. The van der Waals surface area contributed by atoms with Crippen LogP contribution in [0.4, 0.5) is 0 Å². The molecule has 100 valence electrons. The molecule has 2 unspecified atom stereocenters. The van der Waals surface area contributed by atoms with Crippen LogP contribution in [-0.2, 0) is 10.0 Å². The van der Waals surface area contributed by atoms with Crippen molar-refractivity contribution < 1.29 is 8.42 Å². The van der Waals surface area contributed by atoms with Crippen LogP contribution in [0.2, 0.25) is 0 Å². The predicted octanol–water partition coefficient (Wildman–Crippen LogP) is 1.88. The standard InChI is InChI=1S/C11H15BrN2O2S2/c12-10-3-4-11(17-10)18(15,16)14-5-1-2-8-6-13-7-9(8)14/h3-4,8-9,13H,1-2,5-7H2. The van der Waals surface area contributed by atoms with Crippen LogP contribution in [0.3, 0.4) is 0 Å². The highest BCUT2D eigenvalue weighted by Crippen LogP contribution is 2.34. The van der Waals surface area contributed by atoms with Crippen molar-refractivity contribution in [2.24, 2.45) is 5.92 Å². The van der Waals surface area contributed by atoms with Crippen LogP contribution in [0.25, 0.3) is 0 Å². The highest BCUT2D eigenvalue weighted by Gasteiger charge is 2.41. The van der Waals surface area contributed by atoms with Gasteiger partial charge in [0.05, 0.1) is 3.79 Å². The van der Waals surface area contributed by atoms with E-state index in [0.29, 0.717) is 16.7 Å². The Morgan fingerprint density at radius 3 is 2.94 bits per heavy atom. The summed E-state index contributed by atoms with van der Waals surface area (Å²) in [5.41, 5.74) is 0. The maximum absolute atomic E-state index is 12.6. The van der Waals surface area contributed by atoms with Gasteiger partial charge in [-0.3, -0.25) is 0 Å². The molecule has 7 heteroatoms. The van der Waals surface area contributed by atoms with Crippen molar-refractivity contribution in [3.63, 3.8) is 0 Å². The molecule has 0 amide bonds. The van der Waals surface area contributed by atoms with Gasteiger partial charge < -0.3 is 5.32 Å². The molecule has 0 aliphatic carbocycles. The van der Waals surface area contributed by atoms with E-state index in [2.05, 4.69) is 21.2 Å². The predicted molar refractivity (Wildman–Crippen MR) is 75.3 cm³/mol. The van der Waals surface area contributed by atoms with Crippen molar-refractivity contribution in [2.75, 3.05) is 19.6 Å². The first-order valence-electron chi connectivity index (χ1n) is 6.07. The average Bonchev–Trinajstić information content (AvgIpc) is 2.96. The molecule has 1 N–H and O–H groups in total. The maximum Gasteiger partial charge on any atom is 0.252 e. The lowest BCUT2D eigenvalue weighted by Gasteiger charge is -2.35. The lowest BCUT2D eigenvalue weighted by Crippen LogP contribution is -2.47. The van der Waals surface area contributed by atoms with E-state index in [1.165, 1.54) is 11.3 Å². The van der Waals surface area contributed by atoms with Crippen molar-refractivity contribution in [1.29, 1.82) is 0 Å². The van der Waals surface area contributed by atoms with Crippen LogP contribution in [0.5, 0.6) is 0 Å². The molecule has 0 saturated carbocycles. The number of sulfonamides is 1. The number of nitrogens with zero attached hydrogens (tertiary/aromatic N) is 1. The van der Waals surface area contributed by atoms with Crippen LogP contribution in [-0.4, -0.2) is 38.4 Å². The minimum absolute atomic E-state index is 0.143. The average molecular weight is 351 g/mol. The van der Waals surface area contributed by atoms with E-state index in [1.807, 2.05) is 0 Å². The first kappa shape index (κ1) is 13.1. The van der Waals surface area contributed by atoms with Gasteiger partial charge in [0.2, 0.25) is 0 Å². The lowest BCUT2D eigenvalue weighted by molar-refractivity contribution is 0.218. The normalized spacial score (nSPS) is 29.4. The van der Waals surface area contributed by atoms with Gasteiger partial charge in [-0.15, -0.1) is 11.3 Å². The van der Waals surface area contributed by atoms with E-state index in [9.17, 15) is 8.42 Å². The van der Waals surface area contributed by atoms with E-state index < -0.39 is 10.0 Å². The van der Waals surface area contributed by atoms with Crippen LogP contribution in [0.1, 0.15) is 12.8 Å². The molecule has 2 aliphatic rings. The fraction of sp³-hybridized carbons (Fsp3) is 0.636. The Labute approximate surface area is 120 Å². The molecule has 4 nitrogen and oxygen atoms in total. The van der Waals surface area contributed by atoms with E-state index in [1.54, 1.807) is 16.4 Å². The number of piperidine rings is 1. The Hall–Kier alpha value is 0.0500. The summed E-state index contributed by atoms with van der Waals surface area (Å²) in [6.45, 7) is 2.39. The lowest BCUT2D eigenvalue weighted by atomic mass is 9.94. The van der Waals surface area contributed by atoms with Gasteiger partial charge in [-0.1, -0.05) is 0 Å². The first-order valence-corrected chi connectivity index (χ1v) is 9.12. The summed E-state index contributed by atoms with van der Waals surface area (Å²) in [6.07, 6.45) is 2.10. The van der Waals surface area contributed by atoms with E-state index in [4.69, 9.17) is 0 Å². The van der Waals surface area contributed by atoms with E-state index in [-0.39, 0.29) is 6.04 Å². The second-order valence-corrected chi connectivity index (χ2v) is 9.38. The highest BCUT2D eigenvalue weighted by atomic mass is 79.9. The van der Waals surface area contributed by atoms with Crippen LogP contribution >= 0.6 is 27.3 Å². The van der Waals surface area contributed by atoms with Crippen molar-refractivity contribution in [1.82, 2.24) is 9.62 Å². The minimum atomic E-state index is -3.31. The number of halogens is 1. The van der Waals surface area contributed by atoms with Crippen LogP contribution in [0, 0.1) is 5.92 Å². The summed E-state index contributed by atoms with van der Waals surface area (Å²) in [4.78, 5) is 0. The zero-order chi connectivity index (χ0) is 12.8. The summed E-state index contributed by atoms with van der Waals surface area (Å²) in [7, 11) is -3.31. The molecule has 2 fully saturated rings. The Morgan fingerprint density at radius 2 is 2.22 bits per heavy atom. The van der Waals surface area contributed by atoms with E-state index >= 15 is 0 Å². The molecule has 2 saturated heterocycles. The van der Waals surface area contributed by atoms with Crippen molar-refractivity contribution in [2.45, 2.75) is 23.1 Å². The number of fused-ring (bicyclic) bond motifs is 1. The molecular formula is C11H15BrN2O2S2. The van der Waals surface area contributed by atoms with Crippen LogP contribution < -0.4 is 5.32 Å². The topological polar surface area (TPSA) is 49.4 Å². The zero-order valence-electron chi connectivity index (χ0n) is 9.80. The molecule has 3 heterocycles. The molecule has 0 bridgehead atoms. The summed E-state index contributed by atoms with van der Waals surface area (Å²) in [5.74, 6) is 0.483. The van der Waals surface area contributed by atoms with Gasteiger partial charge in [-0.25, -0.2) is 8.42 Å². The van der Waals surface area contributed by atoms with Crippen LogP contribution in [0.15, 0.2) is 20.1 Å². The summed E-state index contributed by atoms with van der Waals surface area (Å²) in [6, 6.07) is 3.63. The molecule has 0 radical (unpaired) electrons. The number of nitrogens with one attached hydrogen (secondary N) is 1. The molecule has 3 rings (SSSR count). The minimum Gasteiger partial charge on any atom is -0.315 e. The summed E-state index contributed by atoms with van der Waals surface area (Å²) in [5, 5.41) is 3.31. The van der Waals surface area contributed by atoms with Crippen molar-refractivity contribution in [3.05, 3.63) is 15.9 Å². The summed E-state index contributed by atoms with van der Waals surface area (Å²) < 4.78 is 28.3. The van der Waals surface area contributed by atoms with Gasteiger partial charge in [0.25, 0.3) is 10.0 Å². The Balaban J connectivity index is 1.93. The fourth-order valence-electron chi connectivity index (χ4n) is 2.88. The largest absolute Gasteiger partial charge is 0.315 e. The molecule has 0 aromatic carbocycles. The molecule has 2 aliphatic heterocycles. The SMILES string of the molecule is O=S(=O)(c1ccc(Br)s1)N1CCCC2CNCC21. The van der Waals surface area contributed by atoms with Gasteiger partial charge in [-0.2, -0.15) is 4.31 Å². The quantitative estimate of drug-likeness (QED) is 0.885. The van der Waals surface area contributed by atoms with Crippen molar-refractivity contribution in [3.8, 4) is 0 Å². The molecular weight excluding hydrogens is 336 g/mol. The third kappa shape index (κ3) is 2.16. The van der Waals surface area contributed by atoms with Gasteiger partial charge >= 0.3 is 0 Å². The second kappa shape index (κ2) is 4.86. The fourth-order valence-corrected chi connectivity index (χ4v) is 6.74. The number of rotatable bonds is 2. The Bertz CT molecular complexity index is 543. The molecule has 1 aromatic heterocycles. The van der Waals surface area contributed by atoms with Gasteiger partial charge in [0.1, 0.15) is 4.21 Å². The Morgan fingerprint density at radius 1 is 1.39 bits per heavy atom. The zero-order valence-corrected chi connectivity index (χ0v) is 13.0. The molecule has 0 spiro atoms. The maximum atomic E-state index is 12.6. The highest BCUT2D eigenvalue weighted by molar-refractivity contribution is 9.11. The third-order valence-corrected chi connectivity index (χ3v) is 7.75. The summed E-state index contributed by atoms with van der Waals surface area (Å²) >= 11 is 4.62. The van der Waals surface area contributed by atoms with E-state index in [0.717, 1.165) is 29.7 Å². The molecule has 2 atom stereocenters. The van der Waals surface area contributed by atoms with Gasteiger partial charge in [0.15, 0.2) is 0 Å². The monoisotopic (exact) mass is 350 g/mol. The molecule has 1 aromatic rings. The molecule has 18 heavy (non-hydrogen) atoms.